The molecule has 2 heterocycles. The molecule has 0 bridgehead atoms. The summed E-state index contributed by atoms with van der Waals surface area (Å²) in [4.78, 5) is 2.51. The molecule has 5 heteroatoms. The third-order valence-electron chi connectivity index (χ3n) is 3.75. The van der Waals surface area contributed by atoms with Crippen LogP contribution < -0.4 is 0 Å². The molecule has 3 nitrogen and oxygen atoms in total. The van der Waals surface area contributed by atoms with Crippen molar-refractivity contribution in [2.75, 3.05) is 19.0 Å². The maximum absolute atomic E-state index is 5.92. The molecule has 0 radical (unpaired) electrons. The molecule has 0 unspecified atom stereocenters. The van der Waals surface area contributed by atoms with E-state index >= 15 is 0 Å². The van der Waals surface area contributed by atoms with Crippen LogP contribution >= 0.6 is 27.5 Å². The summed E-state index contributed by atoms with van der Waals surface area (Å²) in [5.74, 6) is 1.52. The molecule has 0 aliphatic carbocycles. The number of likely N-dealkylation sites (tertiary alicyclic amines) is 1. The fourth-order valence-corrected chi connectivity index (χ4v) is 3.25. The zero-order valence-corrected chi connectivity index (χ0v) is 13.5. The smallest absolute Gasteiger partial charge is 0.0739 e. The van der Waals surface area contributed by atoms with Crippen LogP contribution in [0.25, 0.3) is 0 Å². The molecule has 1 saturated heterocycles. The lowest BCUT2D eigenvalue weighted by atomic mass is 9.99. The van der Waals surface area contributed by atoms with Gasteiger partial charge in [0.1, 0.15) is 0 Å². The second-order valence-electron chi connectivity index (χ2n) is 5.04. The van der Waals surface area contributed by atoms with Crippen molar-refractivity contribution in [3.05, 3.63) is 15.9 Å². The number of alkyl halides is 1. The summed E-state index contributed by atoms with van der Waals surface area (Å²) in [6.07, 6.45) is 2.45. The fourth-order valence-electron chi connectivity index (χ4n) is 2.53. The Hall–Kier alpha value is -0.0600. The molecule has 102 valence electrons. The summed E-state index contributed by atoms with van der Waals surface area (Å²) in [5, 5.41) is 4.55. The molecule has 0 spiro atoms. The molecule has 1 fully saturated rings. The molecule has 1 aliphatic heterocycles. The Bertz CT molecular complexity index is 397. The van der Waals surface area contributed by atoms with E-state index in [1.165, 1.54) is 23.0 Å². The van der Waals surface area contributed by atoms with E-state index in [0.29, 0.717) is 5.92 Å². The minimum Gasteiger partial charge on any atom is -0.297 e. The molecule has 0 amide bonds. The van der Waals surface area contributed by atoms with Gasteiger partial charge in [-0.2, -0.15) is 5.10 Å². The van der Waals surface area contributed by atoms with E-state index in [1.807, 2.05) is 0 Å². The van der Waals surface area contributed by atoms with Crippen LogP contribution in [0.4, 0.5) is 0 Å². The van der Waals surface area contributed by atoms with E-state index in [1.54, 1.807) is 0 Å². The zero-order valence-electron chi connectivity index (χ0n) is 11.1. The first-order valence-corrected chi connectivity index (χ1v) is 7.98. The van der Waals surface area contributed by atoms with Crippen molar-refractivity contribution >= 4 is 27.5 Å². The molecule has 0 aromatic carbocycles. The van der Waals surface area contributed by atoms with Crippen molar-refractivity contribution in [3.8, 4) is 0 Å². The molecule has 1 aromatic rings. The number of aryl methyl sites for hydroxylation is 2. The SMILES string of the molecule is CCn1nc(C)c(Br)c1CN1CCC(CCl)CC1. The molecule has 0 saturated carbocycles. The first kappa shape index (κ1) is 14.4. The van der Waals surface area contributed by atoms with Gasteiger partial charge in [0, 0.05) is 19.0 Å². The Kier molecular flexibility index (Phi) is 5.10. The van der Waals surface area contributed by atoms with Gasteiger partial charge in [0.2, 0.25) is 0 Å². The zero-order chi connectivity index (χ0) is 13.1. The number of hydrogen-bond acceptors (Lipinski definition) is 2. The first-order chi connectivity index (χ1) is 8.65. The lowest BCUT2D eigenvalue weighted by Gasteiger charge is -2.31. The van der Waals surface area contributed by atoms with E-state index in [2.05, 4.69) is 44.5 Å². The fraction of sp³-hybridized carbons (Fsp3) is 0.769. The number of nitrogens with zero attached hydrogens (tertiary/aromatic N) is 3. The molecule has 0 atom stereocenters. The second-order valence-corrected chi connectivity index (χ2v) is 6.14. The summed E-state index contributed by atoms with van der Waals surface area (Å²) in [6.45, 7) is 8.42. The molecular weight excluding hydrogens is 314 g/mol. The highest BCUT2D eigenvalue weighted by Gasteiger charge is 2.21. The number of hydrogen-bond donors (Lipinski definition) is 0. The predicted octanol–water partition coefficient (Wildman–Crippen LogP) is 3.42. The van der Waals surface area contributed by atoms with Gasteiger partial charge in [-0.15, -0.1) is 11.6 Å². The molecule has 2 rings (SSSR count). The quantitative estimate of drug-likeness (QED) is 0.787. The Balaban J connectivity index is 2.02. The highest BCUT2D eigenvalue weighted by atomic mass is 79.9. The third kappa shape index (κ3) is 3.09. The van der Waals surface area contributed by atoms with Crippen LogP contribution in [0.3, 0.4) is 0 Å². The molecule has 1 aliphatic rings. The van der Waals surface area contributed by atoms with Crippen molar-refractivity contribution in [2.45, 2.75) is 39.8 Å². The minimum atomic E-state index is 0.712. The van der Waals surface area contributed by atoms with Gasteiger partial charge in [0.05, 0.1) is 15.9 Å². The van der Waals surface area contributed by atoms with Crippen molar-refractivity contribution in [1.82, 2.24) is 14.7 Å². The summed E-state index contributed by atoms with van der Waals surface area (Å²) < 4.78 is 3.27. The van der Waals surface area contributed by atoms with E-state index in [-0.39, 0.29) is 0 Å². The topological polar surface area (TPSA) is 21.1 Å². The standard InChI is InChI=1S/C13H21BrClN3/c1-3-18-12(13(14)10(2)16-18)9-17-6-4-11(8-15)5-7-17/h11H,3-9H2,1-2H3. The largest absolute Gasteiger partial charge is 0.297 e. The van der Waals surface area contributed by atoms with Crippen LogP contribution in [0, 0.1) is 12.8 Å². The maximum Gasteiger partial charge on any atom is 0.0739 e. The Labute approximate surface area is 123 Å². The Morgan fingerprint density at radius 1 is 1.39 bits per heavy atom. The predicted molar refractivity (Wildman–Crippen MR) is 79.1 cm³/mol. The van der Waals surface area contributed by atoms with Crippen molar-refractivity contribution in [2.24, 2.45) is 5.92 Å². The van der Waals surface area contributed by atoms with Crippen LogP contribution in [-0.2, 0) is 13.1 Å². The average molecular weight is 335 g/mol. The van der Waals surface area contributed by atoms with Gasteiger partial charge in [-0.05, 0) is 61.6 Å². The molecule has 18 heavy (non-hydrogen) atoms. The lowest BCUT2D eigenvalue weighted by molar-refractivity contribution is 0.182. The first-order valence-electron chi connectivity index (χ1n) is 6.65. The summed E-state index contributed by atoms with van der Waals surface area (Å²) in [6, 6.07) is 0. The third-order valence-corrected chi connectivity index (χ3v) is 5.22. The molecule has 1 aromatic heterocycles. The van der Waals surface area contributed by atoms with Crippen molar-refractivity contribution in [3.63, 3.8) is 0 Å². The number of rotatable bonds is 4. The van der Waals surface area contributed by atoms with E-state index in [9.17, 15) is 0 Å². The molecular formula is C13H21BrClN3. The van der Waals surface area contributed by atoms with Crippen LogP contribution in [0.15, 0.2) is 4.47 Å². The lowest BCUT2D eigenvalue weighted by Crippen LogP contribution is -2.34. The normalized spacial score (nSPS) is 18.4. The van der Waals surface area contributed by atoms with Crippen molar-refractivity contribution < 1.29 is 0 Å². The van der Waals surface area contributed by atoms with Crippen LogP contribution in [0.2, 0.25) is 0 Å². The van der Waals surface area contributed by atoms with E-state index in [0.717, 1.165) is 37.8 Å². The average Bonchev–Trinajstić information content (AvgIpc) is 2.67. The highest BCUT2D eigenvalue weighted by Crippen LogP contribution is 2.25. The minimum absolute atomic E-state index is 0.712. The maximum atomic E-state index is 5.92. The van der Waals surface area contributed by atoms with Gasteiger partial charge in [-0.25, -0.2) is 0 Å². The van der Waals surface area contributed by atoms with Gasteiger partial charge >= 0.3 is 0 Å². The van der Waals surface area contributed by atoms with Crippen LogP contribution in [0.5, 0.6) is 0 Å². The Morgan fingerprint density at radius 2 is 2.06 bits per heavy atom. The van der Waals surface area contributed by atoms with E-state index in [4.69, 9.17) is 11.6 Å². The summed E-state index contributed by atoms with van der Waals surface area (Å²) in [5.41, 5.74) is 2.39. The number of halogens is 2. The Morgan fingerprint density at radius 3 is 2.61 bits per heavy atom. The summed E-state index contributed by atoms with van der Waals surface area (Å²) >= 11 is 9.59. The number of piperidine rings is 1. The van der Waals surface area contributed by atoms with Gasteiger partial charge in [-0.1, -0.05) is 0 Å². The van der Waals surface area contributed by atoms with E-state index < -0.39 is 0 Å². The molecule has 0 N–H and O–H groups in total. The van der Waals surface area contributed by atoms with Gasteiger partial charge in [0.15, 0.2) is 0 Å². The van der Waals surface area contributed by atoms with Crippen LogP contribution in [-0.4, -0.2) is 33.6 Å². The summed E-state index contributed by atoms with van der Waals surface area (Å²) in [7, 11) is 0. The van der Waals surface area contributed by atoms with Crippen LogP contribution in [0.1, 0.15) is 31.2 Å². The highest BCUT2D eigenvalue weighted by molar-refractivity contribution is 9.10. The van der Waals surface area contributed by atoms with Crippen molar-refractivity contribution in [1.29, 1.82) is 0 Å². The van der Waals surface area contributed by atoms with Gasteiger partial charge in [0.25, 0.3) is 0 Å². The van der Waals surface area contributed by atoms with Gasteiger partial charge in [-0.3, -0.25) is 9.58 Å². The second kappa shape index (κ2) is 6.40. The number of aromatic nitrogens is 2. The monoisotopic (exact) mass is 333 g/mol. The van der Waals surface area contributed by atoms with Gasteiger partial charge < -0.3 is 0 Å².